The number of carbonyl (C=O) groups is 1. The smallest absolute Gasteiger partial charge is 0.330 e. The maximum absolute atomic E-state index is 14.7. The molecule has 0 unspecified atom stereocenters. The summed E-state index contributed by atoms with van der Waals surface area (Å²) in [4.78, 5) is 35.9. The van der Waals surface area contributed by atoms with Crippen molar-refractivity contribution in [1.82, 2.24) is 29.3 Å². The molecular formula is C22H28FN7O2. The number of imidazole rings is 1. The molecule has 10 heteroatoms. The Balaban J connectivity index is 1.52. The van der Waals surface area contributed by atoms with Crippen LogP contribution in [0.25, 0.3) is 11.2 Å². The second-order valence-corrected chi connectivity index (χ2v) is 8.58. The van der Waals surface area contributed by atoms with E-state index in [2.05, 4.69) is 25.5 Å². The van der Waals surface area contributed by atoms with Gasteiger partial charge in [-0.05, 0) is 65.0 Å². The van der Waals surface area contributed by atoms with Gasteiger partial charge in [-0.15, -0.1) is 0 Å². The number of amides is 1. The second kappa shape index (κ2) is 8.70. The van der Waals surface area contributed by atoms with E-state index in [-0.39, 0.29) is 29.3 Å². The van der Waals surface area contributed by atoms with Gasteiger partial charge in [-0.25, -0.2) is 14.2 Å². The molecule has 0 saturated carbocycles. The molecule has 1 saturated heterocycles. The summed E-state index contributed by atoms with van der Waals surface area (Å²) in [5, 5.41) is 5.88. The van der Waals surface area contributed by atoms with Crippen molar-refractivity contribution in [3.63, 3.8) is 0 Å². The fraction of sp³-hybridized carbons (Fsp3) is 0.455. The van der Waals surface area contributed by atoms with E-state index in [0.717, 1.165) is 25.9 Å². The van der Waals surface area contributed by atoms with E-state index < -0.39 is 11.7 Å². The number of hydrogen-bond donors (Lipinski definition) is 2. The number of anilines is 2. The molecule has 0 aliphatic carbocycles. The first-order chi connectivity index (χ1) is 15.2. The van der Waals surface area contributed by atoms with Gasteiger partial charge in [0.2, 0.25) is 5.95 Å². The fourth-order valence-corrected chi connectivity index (χ4v) is 3.98. The SMILES string of the molecule is CC(C)n1c(=O)n(C)c2cnc(Nc3ccc(C(=O)NC4CCN(C)CC4)c(F)c3)nc21. The highest BCUT2D eigenvalue weighted by Gasteiger charge is 2.21. The van der Waals surface area contributed by atoms with E-state index in [1.165, 1.54) is 16.7 Å². The summed E-state index contributed by atoms with van der Waals surface area (Å²) < 4.78 is 17.8. The number of aryl methyl sites for hydroxylation is 1. The average molecular weight is 442 g/mol. The molecule has 3 aromatic rings. The maximum atomic E-state index is 14.7. The van der Waals surface area contributed by atoms with Crippen LogP contribution in [0.3, 0.4) is 0 Å². The van der Waals surface area contributed by atoms with E-state index in [1.54, 1.807) is 23.9 Å². The van der Waals surface area contributed by atoms with Gasteiger partial charge in [-0.2, -0.15) is 4.98 Å². The summed E-state index contributed by atoms with van der Waals surface area (Å²) in [5.41, 5.74) is 1.35. The third kappa shape index (κ3) is 4.22. The second-order valence-electron chi connectivity index (χ2n) is 8.58. The largest absolute Gasteiger partial charge is 0.349 e. The molecule has 1 amide bonds. The number of likely N-dealkylation sites (tertiary alicyclic amines) is 1. The van der Waals surface area contributed by atoms with Gasteiger partial charge in [0.05, 0.1) is 11.8 Å². The van der Waals surface area contributed by atoms with Crippen molar-refractivity contribution in [3.05, 3.63) is 46.3 Å². The van der Waals surface area contributed by atoms with Crippen molar-refractivity contribution in [2.24, 2.45) is 7.05 Å². The summed E-state index contributed by atoms with van der Waals surface area (Å²) in [6, 6.07) is 4.29. The van der Waals surface area contributed by atoms with Crippen LogP contribution in [0.1, 0.15) is 43.1 Å². The minimum atomic E-state index is -0.625. The number of carbonyl (C=O) groups excluding carboxylic acids is 1. The van der Waals surface area contributed by atoms with Gasteiger partial charge in [0, 0.05) is 24.8 Å². The van der Waals surface area contributed by atoms with Crippen molar-refractivity contribution in [3.8, 4) is 0 Å². The number of halogens is 1. The van der Waals surface area contributed by atoms with Crippen molar-refractivity contribution in [2.75, 3.05) is 25.5 Å². The van der Waals surface area contributed by atoms with Crippen molar-refractivity contribution >= 4 is 28.7 Å². The summed E-state index contributed by atoms with van der Waals surface area (Å²) in [6.07, 6.45) is 3.26. The Hall–Kier alpha value is -3.27. The highest BCUT2D eigenvalue weighted by molar-refractivity contribution is 5.95. The minimum Gasteiger partial charge on any atom is -0.349 e. The minimum absolute atomic E-state index is 0.00236. The zero-order valence-electron chi connectivity index (χ0n) is 18.7. The molecule has 0 spiro atoms. The number of hydrogen-bond acceptors (Lipinski definition) is 6. The number of aromatic nitrogens is 4. The number of benzene rings is 1. The van der Waals surface area contributed by atoms with Crippen molar-refractivity contribution < 1.29 is 9.18 Å². The number of nitrogens with zero attached hydrogens (tertiary/aromatic N) is 5. The number of rotatable bonds is 5. The highest BCUT2D eigenvalue weighted by atomic mass is 19.1. The quantitative estimate of drug-likeness (QED) is 0.631. The van der Waals surface area contributed by atoms with Crippen molar-refractivity contribution in [1.29, 1.82) is 0 Å². The summed E-state index contributed by atoms with van der Waals surface area (Å²) in [6.45, 7) is 5.63. The van der Waals surface area contributed by atoms with E-state index in [0.29, 0.717) is 16.9 Å². The Morgan fingerprint density at radius 2 is 1.94 bits per heavy atom. The Kier molecular flexibility index (Phi) is 5.96. The topological polar surface area (TPSA) is 97.1 Å². The molecule has 3 heterocycles. The lowest BCUT2D eigenvalue weighted by Gasteiger charge is -2.29. The van der Waals surface area contributed by atoms with E-state index in [1.807, 2.05) is 20.9 Å². The highest BCUT2D eigenvalue weighted by Crippen LogP contribution is 2.21. The molecule has 1 aliphatic heterocycles. The predicted octanol–water partition coefficient (Wildman–Crippen LogP) is 2.42. The molecule has 0 atom stereocenters. The van der Waals surface area contributed by atoms with Crippen molar-refractivity contribution in [2.45, 2.75) is 38.8 Å². The standard InChI is InChI=1S/C22H28FN7O2/c1-13(2)30-19-18(29(4)22(30)32)12-24-21(27-19)26-15-5-6-16(17(23)11-15)20(31)25-14-7-9-28(3)10-8-14/h5-6,11-14H,7-10H2,1-4H3,(H,25,31)(H,24,26,27). The van der Waals surface area contributed by atoms with E-state index in [4.69, 9.17) is 0 Å². The number of piperidine rings is 1. The van der Waals surface area contributed by atoms with Gasteiger partial charge in [0.15, 0.2) is 5.65 Å². The molecule has 170 valence electrons. The van der Waals surface area contributed by atoms with Crippen LogP contribution in [0.2, 0.25) is 0 Å². The number of nitrogens with one attached hydrogen (secondary N) is 2. The first-order valence-corrected chi connectivity index (χ1v) is 10.7. The molecule has 0 bridgehead atoms. The van der Waals surface area contributed by atoms with E-state index >= 15 is 0 Å². The molecule has 1 fully saturated rings. The Morgan fingerprint density at radius 3 is 2.59 bits per heavy atom. The van der Waals surface area contributed by atoms with Gasteiger partial charge < -0.3 is 15.5 Å². The normalized spacial score (nSPS) is 15.4. The van der Waals surface area contributed by atoms with Crippen LogP contribution in [-0.4, -0.2) is 56.1 Å². The molecule has 9 nitrogen and oxygen atoms in total. The lowest BCUT2D eigenvalue weighted by Crippen LogP contribution is -2.43. The maximum Gasteiger partial charge on any atom is 0.330 e. The molecule has 1 aliphatic rings. The van der Waals surface area contributed by atoms with Crippen LogP contribution < -0.4 is 16.3 Å². The van der Waals surface area contributed by atoms with Crippen LogP contribution in [-0.2, 0) is 7.05 Å². The fourth-order valence-electron chi connectivity index (χ4n) is 3.98. The molecule has 1 aromatic carbocycles. The monoisotopic (exact) mass is 441 g/mol. The third-order valence-electron chi connectivity index (χ3n) is 5.87. The molecule has 2 aromatic heterocycles. The Bertz CT molecular complexity index is 1210. The summed E-state index contributed by atoms with van der Waals surface area (Å²) >= 11 is 0. The van der Waals surface area contributed by atoms with E-state index in [9.17, 15) is 14.0 Å². The van der Waals surface area contributed by atoms with Gasteiger partial charge in [-0.1, -0.05) is 0 Å². The Labute approximate surface area is 185 Å². The lowest BCUT2D eigenvalue weighted by molar-refractivity contribution is 0.0913. The van der Waals surface area contributed by atoms with Crippen LogP contribution in [0.15, 0.2) is 29.2 Å². The predicted molar refractivity (Wildman–Crippen MR) is 121 cm³/mol. The molecule has 4 rings (SSSR count). The zero-order chi connectivity index (χ0) is 23.0. The van der Waals surface area contributed by atoms with Gasteiger partial charge in [-0.3, -0.25) is 13.9 Å². The van der Waals surface area contributed by atoms with Crippen LogP contribution in [0, 0.1) is 5.82 Å². The molecular weight excluding hydrogens is 413 g/mol. The number of fused-ring (bicyclic) bond motifs is 1. The van der Waals surface area contributed by atoms with Crippen LogP contribution >= 0.6 is 0 Å². The zero-order valence-corrected chi connectivity index (χ0v) is 18.7. The molecule has 32 heavy (non-hydrogen) atoms. The first kappa shape index (κ1) is 21.9. The van der Waals surface area contributed by atoms with Gasteiger partial charge in [0.1, 0.15) is 11.3 Å². The summed E-state index contributed by atoms with van der Waals surface area (Å²) in [5.74, 6) is -0.799. The van der Waals surface area contributed by atoms with Crippen LogP contribution in [0.4, 0.5) is 16.0 Å². The molecule has 0 radical (unpaired) electrons. The lowest BCUT2D eigenvalue weighted by atomic mass is 10.0. The third-order valence-corrected chi connectivity index (χ3v) is 5.87. The van der Waals surface area contributed by atoms with Gasteiger partial charge >= 0.3 is 5.69 Å². The Morgan fingerprint density at radius 1 is 1.22 bits per heavy atom. The first-order valence-electron chi connectivity index (χ1n) is 10.7. The van der Waals surface area contributed by atoms with Gasteiger partial charge in [0.25, 0.3) is 5.91 Å². The average Bonchev–Trinajstić information content (AvgIpc) is 2.99. The van der Waals surface area contributed by atoms with Crippen LogP contribution in [0.5, 0.6) is 0 Å². The summed E-state index contributed by atoms with van der Waals surface area (Å²) in [7, 11) is 3.72. The molecule has 2 N–H and O–H groups in total.